The van der Waals surface area contributed by atoms with Crippen LogP contribution in [0.2, 0.25) is 0 Å². The van der Waals surface area contributed by atoms with Crippen molar-refractivity contribution in [3.63, 3.8) is 0 Å². The molecule has 0 radical (unpaired) electrons. The second kappa shape index (κ2) is 8.34. The Morgan fingerprint density at radius 2 is 1.77 bits per heavy atom. The molecule has 74 valence electrons. The first-order valence-corrected chi connectivity index (χ1v) is 6.44. The van der Waals surface area contributed by atoms with Crippen LogP contribution in [-0.2, 0) is 21.1 Å². The smallest absolute Gasteiger partial charge is 0.772 e. The monoisotopic (exact) mass is 237 g/mol. The van der Waals surface area contributed by atoms with Crippen LogP contribution in [0.15, 0.2) is 0 Å². The van der Waals surface area contributed by atoms with Crippen LogP contribution < -0.4 is 34.7 Å². The van der Waals surface area contributed by atoms with Crippen LogP contribution in [0, 0.1) is 0 Å². The first kappa shape index (κ1) is 16.4. The molecule has 0 rings (SSSR count). The van der Waals surface area contributed by atoms with Gasteiger partial charge in [-0.3, -0.25) is 4.21 Å². The summed E-state index contributed by atoms with van der Waals surface area (Å²) in [6.07, 6.45) is 1.49. The predicted molar refractivity (Wildman–Crippen MR) is 45.6 cm³/mol. The molecule has 8 heteroatoms. The number of primary sulfonamides is 1. The van der Waals surface area contributed by atoms with Gasteiger partial charge in [0.15, 0.2) is 0 Å². The van der Waals surface area contributed by atoms with Gasteiger partial charge in [-0.2, -0.15) is 0 Å². The van der Waals surface area contributed by atoms with Gasteiger partial charge in [-0.05, 0) is 12.8 Å². The summed E-state index contributed by atoms with van der Waals surface area (Å²) in [7, 11) is -3.38. The molecule has 0 aromatic rings. The van der Waals surface area contributed by atoms with Crippen molar-refractivity contribution in [3.8, 4) is 0 Å². The first-order chi connectivity index (χ1) is 5.42. The minimum absolute atomic E-state index is 0. The van der Waals surface area contributed by atoms with Gasteiger partial charge in [-0.15, -0.1) is 0 Å². The molecule has 1 unspecified atom stereocenters. The normalized spacial score (nSPS) is 13.4. The summed E-state index contributed by atoms with van der Waals surface area (Å²) < 4.78 is 40.8. The molecule has 2 N–H and O–H groups in total. The molecule has 0 aliphatic heterocycles. The van der Waals surface area contributed by atoms with Crippen LogP contribution in [-0.4, -0.2) is 28.7 Å². The Bertz CT molecular complexity index is 241. The van der Waals surface area contributed by atoms with Gasteiger partial charge in [-0.1, -0.05) is 17.5 Å². The molecule has 0 heterocycles. The van der Waals surface area contributed by atoms with E-state index in [0.29, 0.717) is 19.3 Å². The summed E-state index contributed by atoms with van der Waals surface area (Å²) in [6.45, 7) is 0. The third kappa shape index (κ3) is 15.7. The predicted octanol–water partition coefficient (Wildman–Crippen LogP) is -3.67. The summed E-state index contributed by atoms with van der Waals surface area (Å²) in [5, 5.41) is 4.73. The number of rotatable bonds is 6. The Morgan fingerprint density at radius 3 is 2.15 bits per heavy atom. The molecule has 0 amide bonds. The third-order valence-corrected chi connectivity index (χ3v) is 2.72. The Morgan fingerprint density at radius 1 is 1.23 bits per heavy atom. The quantitative estimate of drug-likeness (QED) is 0.292. The molecule has 0 fully saturated rings. The maximum absolute atomic E-state index is 10.4. The van der Waals surface area contributed by atoms with Gasteiger partial charge in [0.2, 0.25) is 10.0 Å². The molecule has 0 aromatic heterocycles. The van der Waals surface area contributed by atoms with Crippen molar-refractivity contribution in [2.24, 2.45) is 5.14 Å². The Labute approximate surface area is 103 Å². The van der Waals surface area contributed by atoms with E-state index in [1.807, 2.05) is 0 Å². The van der Waals surface area contributed by atoms with Gasteiger partial charge in [0.25, 0.3) is 0 Å². The van der Waals surface area contributed by atoms with Crippen LogP contribution in [0.25, 0.3) is 0 Å². The molecule has 5 nitrogen and oxygen atoms in total. The van der Waals surface area contributed by atoms with Crippen LogP contribution in [0.5, 0.6) is 0 Å². The second-order valence-electron chi connectivity index (χ2n) is 2.44. The molecular weight excluding hydrogens is 225 g/mol. The van der Waals surface area contributed by atoms with E-state index in [-0.39, 0.29) is 41.1 Å². The van der Waals surface area contributed by atoms with Crippen molar-refractivity contribution in [1.82, 2.24) is 0 Å². The average Bonchev–Trinajstić information content (AvgIpc) is 1.83. The fourth-order valence-corrected chi connectivity index (χ4v) is 1.75. The third-order valence-electron chi connectivity index (χ3n) is 1.24. The molecule has 0 saturated carbocycles. The summed E-state index contributed by atoms with van der Waals surface area (Å²) in [5.74, 6) is 0.0170. The largest absolute Gasteiger partial charge is 1.00 e. The van der Waals surface area contributed by atoms with Gasteiger partial charge in [-0.25, -0.2) is 13.6 Å². The number of hydrogen-bond donors (Lipinski definition) is 1. The Balaban J connectivity index is 0. The minimum atomic E-state index is -3.38. The van der Waals surface area contributed by atoms with Crippen molar-refractivity contribution >= 4 is 21.1 Å². The van der Waals surface area contributed by atoms with Crippen LogP contribution in [0.4, 0.5) is 0 Å². The van der Waals surface area contributed by atoms with Crippen molar-refractivity contribution in [2.45, 2.75) is 19.3 Å². The standard InChI is InChI=1S/C5H13NO4S2.Na/c6-12(9,10)5-3-1-2-4-11(7)8;/h1-5H2,(H,7,8)(H2,6,9,10);/q;+1/p-1. The maximum Gasteiger partial charge on any atom is 1.00 e. The average molecular weight is 237 g/mol. The zero-order valence-corrected chi connectivity index (χ0v) is 11.2. The molecule has 0 bridgehead atoms. The van der Waals surface area contributed by atoms with E-state index >= 15 is 0 Å². The molecule has 0 spiro atoms. The number of sulfonamides is 1. The van der Waals surface area contributed by atoms with Gasteiger partial charge in [0.05, 0.1) is 5.75 Å². The van der Waals surface area contributed by atoms with E-state index in [0.717, 1.165) is 0 Å². The second-order valence-corrected chi connectivity index (χ2v) is 5.19. The van der Waals surface area contributed by atoms with Crippen LogP contribution in [0.1, 0.15) is 19.3 Å². The summed E-state index contributed by atoms with van der Waals surface area (Å²) in [6, 6.07) is 0. The zero-order valence-electron chi connectivity index (χ0n) is 7.56. The van der Waals surface area contributed by atoms with E-state index in [9.17, 15) is 17.2 Å². The van der Waals surface area contributed by atoms with E-state index in [1.54, 1.807) is 0 Å². The van der Waals surface area contributed by atoms with Gasteiger partial charge >= 0.3 is 29.6 Å². The topological polar surface area (TPSA) is 100 Å². The van der Waals surface area contributed by atoms with Gasteiger partial charge in [0.1, 0.15) is 0 Å². The number of nitrogens with two attached hydrogens (primary N) is 1. The molecule has 0 saturated heterocycles. The van der Waals surface area contributed by atoms with Gasteiger partial charge in [0, 0.05) is 5.75 Å². The fraction of sp³-hybridized carbons (Fsp3) is 1.00. The first-order valence-electron chi connectivity index (χ1n) is 3.48. The van der Waals surface area contributed by atoms with Crippen molar-refractivity contribution < 1.29 is 46.7 Å². The molecular formula is C5H12NNaO4S2. The Kier molecular flexibility index (Phi) is 10.6. The van der Waals surface area contributed by atoms with E-state index in [2.05, 4.69) is 0 Å². The van der Waals surface area contributed by atoms with Crippen molar-refractivity contribution in [1.29, 1.82) is 0 Å². The van der Waals surface area contributed by atoms with E-state index in [4.69, 9.17) is 5.14 Å². The Hall–Kier alpha value is 1.02. The summed E-state index contributed by atoms with van der Waals surface area (Å²) in [5.41, 5.74) is 0. The summed E-state index contributed by atoms with van der Waals surface area (Å²) in [4.78, 5) is 0. The van der Waals surface area contributed by atoms with Crippen molar-refractivity contribution in [2.75, 3.05) is 11.5 Å². The fourth-order valence-electron chi connectivity index (χ4n) is 0.700. The molecule has 1 atom stereocenters. The SMILES string of the molecule is NS(=O)(=O)CCCCCS(=O)[O-].[Na+]. The minimum Gasteiger partial charge on any atom is -0.772 e. The van der Waals surface area contributed by atoms with Crippen LogP contribution in [0.3, 0.4) is 0 Å². The van der Waals surface area contributed by atoms with E-state index < -0.39 is 21.1 Å². The molecule has 0 aromatic carbocycles. The summed E-state index contributed by atoms with van der Waals surface area (Å²) >= 11 is -2.02. The molecule has 0 aliphatic rings. The molecule has 0 aliphatic carbocycles. The van der Waals surface area contributed by atoms with Crippen LogP contribution >= 0.6 is 0 Å². The van der Waals surface area contributed by atoms with Crippen molar-refractivity contribution in [3.05, 3.63) is 0 Å². The number of hydrogen-bond acceptors (Lipinski definition) is 4. The van der Waals surface area contributed by atoms with Gasteiger partial charge < -0.3 is 4.55 Å². The maximum atomic E-state index is 10.4. The zero-order chi connectivity index (χ0) is 9.61. The molecule has 13 heavy (non-hydrogen) atoms. The van der Waals surface area contributed by atoms with E-state index in [1.165, 1.54) is 0 Å². The number of unbranched alkanes of at least 4 members (excludes halogenated alkanes) is 2.